The molecule has 0 aliphatic carbocycles. The third kappa shape index (κ3) is 6.80. The highest BCUT2D eigenvalue weighted by atomic mass is 16.4. The number of anilines is 1. The number of aliphatic carboxylic acids is 1. The zero-order valence-electron chi connectivity index (χ0n) is 17.9. The monoisotopic (exact) mass is 410 g/mol. The van der Waals surface area contributed by atoms with Gasteiger partial charge in [0.25, 0.3) is 0 Å². The normalized spacial score (nSPS) is 15.1. The maximum atomic E-state index is 11.6. The molecule has 1 aliphatic rings. The smallest absolute Gasteiger partial charge is 0.320 e. The molecule has 6 heteroatoms. The van der Waals surface area contributed by atoms with Crippen LogP contribution >= 0.6 is 0 Å². The van der Waals surface area contributed by atoms with Gasteiger partial charge in [-0.05, 0) is 62.3 Å². The van der Waals surface area contributed by atoms with Crippen LogP contribution in [-0.2, 0) is 17.6 Å². The predicted molar refractivity (Wildman–Crippen MR) is 120 cm³/mol. The fourth-order valence-electron chi connectivity index (χ4n) is 4.00. The fraction of sp³-hybridized carbons (Fsp3) is 0.542. The van der Waals surface area contributed by atoms with E-state index < -0.39 is 12.0 Å². The van der Waals surface area contributed by atoms with Gasteiger partial charge in [-0.25, -0.2) is 4.98 Å². The Labute approximate surface area is 179 Å². The van der Waals surface area contributed by atoms with Gasteiger partial charge in [-0.3, -0.25) is 15.1 Å². The molecule has 3 rings (SSSR count). The van der Waals surface area contributed by atoms with Crippen molar-refractivity contribution in [1.82, 2.24) is 15.3 Å². The Bertz CT molecular complexity index is 797. The molecule has 0 saturated heterocycles. The summed E-state index contributed by atoms with van der Waals surface area (Å²) in [6, 6.07) is 7.68. The molecule has 1 unspecified atom stereocenters. The predicted octanol–water partition coefficient (Wildman–Crippen LogP) is 4.52. The van der Waals surface area contributed by atoms with Gasteiger partial charge in [0.05, 0.1) is 0 Å². The van der Waals surface area contributed by atoms with Gasteiger partial charge in [0.1, 0.15) is 11.9 Å². The van der Waals surface area contributed by atoms with E-state index in [0.717, 1.165) is 62.9 Å². The standard InChI is InChI=1S/C24H34N4O2/c1-18(20-10-7-15-25-17-20)27-22(24(29)30)12-6-4-2-3-5-11-21-14-13-19-9-8-16-26-23(19)28-21/h7,10,13-15,17-18,22,27H,2-6,8-9,11-12,16H2,1H3,(H,26,28)(H,29,30)/t18-,22?/m0/s1. The Kier molecular flexibility index (Phi) is 8.63. The van der Waals surface area contributed by atoms with Crippen LogP contribution < -0.4 is 10.6 Å². The highest BCUT2D eigenvalue weighted by molar-refractivity contribution is 5.73. The maximum absolute atomic E-state index is 11.6. The number of rotatable bonds is 12. The molecule has 1 aliphatic heterocycles. The molecule has 2 aromatic rings. The first kappa shape index (κ1) is 22.2. The topological polar surface area (TPSA) is 87.1 Å². The molecule has 0 amide bonds. The van der Waals surface area contributed by atoms with Gasteiger partial charge in [-0.15, -0.1) is 0 Å². The molecule has 0 aromatic carbocycles. The van der Waals surface area contributed by atoms with Crippen LogP contribution in [0.1, 0.15) is 74.7 Å². The number of unbranched alkanes of at least 4 members (excludes halogenated alkanes) is 4. The number of aromatic nitrogens is 2. The van der Waals surface area contributed by atoms with Crippen LogP contribution in [0.3, 0.4) is 0 Å². The molecule has 2 atom stereocenters. The minimum absolute atomic E-state index is 0.0293. The molecule has 0 spiro atoms. The molecule has 2 aromatic heterocycles. The van der Waals surface area contributed by atoms with Crippen molar-refractivity contribution >= 4 is 11.8 Å². The van der Waals surface area contributed by atoms with Crippen molar-refractivity contribution < 1.29 is 9.90 Å². The third-order valence-electron chi connectivity index (χ3n) is 5.81. The van der Waals surface area contributed by atoms with E-state index >= 15 is 0 Å². The maximum Gasteiger partial charge on any atom is 0.320 e. The lowest BCUT2D eigenvalue weighted by Gasteiger charge is -2.20. The van der Waals surface area contributed by atoms with Crippen molar-refractivity contribution in [3.05, 3.63) is 53.5 Å². The number of carboxylic acid groups (broad SMARTS) is 1. The van der Waals surface area contributed by atoms with Crippen molar-refractivity contribution in [3.8, 4) is 0 Å². The van der Waals surface area contributed by atoms with Gasteiger partial charge >= 0.3 is 5.97 Å². The van der Waals surface area contributed by atoms with E-state index in [1.54, 1.807) is 12.4 Å². The Morgan fingerprint density at radius 3 is 2.83 bits per heavy atom. The SMILES string of the molecule is C[C@H](NC(CCCCCCCc1ccc2c(n1)NCCC2)C(=O)O)c1cccnc1. The van der Waals surface area contributed by atoms with Crippen molar-refractivity contribution in [3.63, 3.8) is 0 Å². The average Bonchev–Trinajstić information content (AvgIpc) is 2.77. The Hall–Kier alpha value is -2.47. The Balaban J connectivity index is 1.31. The first-order valence-electron chi connectivity index (χ1n) is 11.2. The molecule has 30 heavy (non-hydrogen) atoms. The highest BCUT2D eigenvalue weighted by Gasteiger charge is 2.19. The molecular formula is C24H34N4O2. The van der Waals surface area contributed by atoms with Gasteiger partial charge in [-0.1, -0.05) is 37.8 Å². The largest absolute Gasteiger partial charge is 0.480 e. The van der Waals surface area contributed by atoms with E-state index in [1.807, 2.05) is 19.1 Å². The minimum Gasteiger partial charge on any atom is -0.480 e. The second kappa shape index (κ2) is 11.6. The van der Waals surface area contributed by atoms with Crippen LogP contribution in [0.5, 0.6) is 0 Å². The third-order valence-corrected chi connectivity index (χ3v) is 5.81. The molecular weight excluding hydrogens is 376 g/mol. The van der Waals surface area contributed by atoms with Gasteiger partial charge in [0.2, 0.25) is 0 Å². The summed E-state index contributed by atoms with van der Waals surface area (Å²) in [6.45, 7) is 3.01. The summed E-state index contributed by atoms with van der Waals surface area (Å²) in [5.41, 5.74) is 3.52. The van der Waals surface area contributed by atoms with E-state index in [-0.39, 0.29) is 6.04 Å². The molecule has 6 nitrogen and oxygen atoms in total. The second-order valence-corrected chi connectivity index (χ2v) is 8.21. The zero-order valence-corrected chi connectivity index (χ0v) is 17.9. The van der Waals surface area contributed by atoms with E-state index in [2.05, 4.69) is 27.8 Å². The van der Waals surface area contributed by atoms with Crippen LogP contribution in [0, 0.1) is 0 Å². The van der Waals surface area contributed by atoms with E-state index in [0.29, 0.717) is 6.42 Å². The molecule has 162 valence electrons. The lowest BCUT2D eigenvalue weighted by Crippen LogP contribution is -2.38. The zero-order chi connectivity index (χ0) is 21.2. The number of hydrogen-bond acceptors (Lipinski definition) is 5. The quantitative estimate of drug-likeness (QED) is 0.446. The van der Waals surface area contributed by atoms with Crippen LogP contribution in [-0.4, -0.2) is 33.6 Å². The Morgan fingerprint density at radius 2 is 2.03 bits per heavy atom. The number of fused-ring (bicyclic) bond motifs is 1. The average molecular weight is 411 g/mol. The number of nitrogens with zero attached hydrogens (tertiary/aromatic N) is 2. The van der Waals surface area contributed by atoms with Crippen LogP contribution in [0.25, 0.3) is 0 Å². The van der Waals surface area contributed by atoms with Crippen molar-refractivity contribution in [2.24, 2.45) is 0 Å². The van der Waals surface area contributed by atoms with Gasteiger partial charge in [0.15, 0.2) is 0 Å². The summed E-state index contributed by atoms with van der Waals surface area (Å²) in [6.07, 6.45) is 12.9. The fourth-order valence-corrected chi connectivity index (χ4v) is 4.00. The van der Waals surface area contributed by atoms with Gasteiger partial charge < -0.3 is 10.4 Å². The lowest BCUT2D eigenvalue weighted by atomic mass is 10.0. The van der Waals surface area contributed by atoms with Gasteiger partial charge in [-0.2, -0.15) is 0 Å². The number of hydrogen-bond donors (Lipinski definition) is 3. The molecule has 0 saturated carbocycles. The number of aryl methyl sites for hydroxylation is 2. The summed E-state index contributed by atoms with van der Waals surface area (Å²) >= 11 is 0. The summed E-state index contributed by atoms with van der Waals surface area (Å²) in [5.74, 6) is 0.296. The lowest BCUT2D eigenvalue weighted by molar-refractivity contribution is -0.139. The van der Waals surface area contributed by atoms with Gasteiger partial charge in [0, 0.05) is 30.7 Å². The van der Waals surface area contributed by atoms with Crippen molar-refractivity contribution in [1.29, 1.82) is 0 Å². The van der Waals surface area contributed by atoms with Crippen molar-refractivity contribution in [2.75, 3.05) is 11.9 Å². The summed E-state index contributed by atoms with van der Waals surface area (Å²) in [5, 5.41) is 16.2. The second-order valence-electron chi connectivity index (χ2n) is 8.21. The molecule has 0 bridgehead atoms. The molecule has 0 fully saturated rings. The number of carboxylic acids is 1. The summed E-state index contributed by atoms with van der Waals surface area (Å²) in [7, 11) is 0. The summed E-state index contributed by atoms with van der Waals surface area (Å²) < 4.78 is 0. The van der Waals surface area contributed by atoms with E-state index in [9.17, 15) is 9.90 Å². The Morgan fingerprint density at radius 1 is 1.20 bits per heavy atom. The summed E-state index contributed by atoms with van der Waals surface area (Å²) in [4.78, 5) is 20.5. The minimum atomic E-state index is -0.780. The first-order chi connectivity index (χ1) is 14.6. The van der Waals surface area contributed by atoms with Crippen molar-refractivity contribution in [2.45, 2.75) is 76.8 Å². The number of pyridine rings is 2. The number of nitrogens with one attached hydrogen (secondary N) is 2. The number of carbonyl (C=O) groups is 1. The van der Waals surface area contributed by atoms with Crippen LogP contribution in [0.15, 0.2) is 36.7 Å². The first-order valence-corrected chi connectivity index (χ1v) is 11.2. The molecule has 3 heterocycles. The van der Waals surface area contributed by atoms with Crippen LogP contribution in [0.4, 0.5) is 5.82 Å². The van der Waals surface area contributed by atoms with E-state index in [4.69, 9.17) is 4.98 Å². The van der Waals surface area contributed by atoms with Crippen LogP contribution in [0.2, 0.25) is 0 Å². The van der Waals surface area contributed by atoms with E-state index in [1.165, 1.54) is 17.7 Å². The highest BCUT2D eigenvalue weighted by Crippen LogP contribution is 2.21. The molecule has 3 N–H and O–H groups in total. The molecule has 0 radical (unpaired) electrons.